The zero-order valence-corrected chi connectivity index (χ0v) is 17.6. The smallest absolute Gasteiger partial charge is 0.175 e. The van der Waals surface area contributed by atoms with Gasteiger partial charge in [0.25, 0.3) is 0 Å². The van der Waals surface area contributed by atoms with E-state index in [-0.39, 0.29) is 5.82 Å². The number of nitrogens with zero attached hydrogens (tertiary/aromatic N) is 2. The summed E-state index contributed by atoms with van der Waals surface area (Å²) in [6.45, 7) is 4.41. The number of benzene rings is 2. The van der Waals surface area contributed by atoms with Gasteiger partial charge in [0.15, 0.2) is 5.11 Å². The molecule has 152 valence electrons. The Balaban J connectivity index is 1.74. The van der Waals surface area contributed by atoms with E-state index in [0.717, 1.165) is 28.3 Å². The zero-order chi connectivity index (χ0) is 21.0. The van der Waals surface area contributed by atoms with E-state index in [1.807, 2.05) is 30.7 Å². The molecule has 0 saturated carbocycles. The number of hydrogen-bond acceptors (Lipinski definition) is 4. The standard InChI is InChI=1S/C21H23FN4O2S/c1-13-20(14(2)26(25-13)12-15-5-7-16(22)8-6-15)24-21(29)23-18-10-9-17(27-3)11-19(18)28-4/h5-11H,12H2,1-4H3,(H2,23,24,29). The number of anilines is 2. The summed E-state index contributed by atoms with van der Waals surface area (Å²) in [6, 6.07) is 11.8. The Morgan fingerprint density at radius 2 is 1.79 bits per heavy atom. The van der Waals surface area contributed by atoms with Crippen LogP contribution in [0.25, 0.3) is 0 Å². The molecule has 0 saturated heterocycles. The fourth-order valence-electron chi connectivity index (χ4n) is 2.96. The van der Waals surface area contributed by atoms with Crippen molar-refractivity contribution in [1.29, 1.82) is 0 Å². The first kappa shape index (κ1) is 20.6. The molecule has 0 fully saturated rings. The van der Waals surface area contributed by atoms with Gasteiger partial charge in [0.2, 0.25) is 0 Å². The van der Waals surface area contributed by atoms with Crippen LogP contribution in [0.1, 0.15) is 17.0 Å². The Labute approximate surface area is 174 Å². The molecule has 0 radical (unpaired) electrons. The second kappa shape index (κ2) is 8.91. The summed E-state index contributed by atoms with van der Waals surface area (Å²) in [5, 5.41) is 11.3. The van der Waals surface area contributed by atoms with Crippen molar-refractivity contribution in [2.24, 2.45) is 0 Å². The highest BCUT2D eigenvalue weighted by Gasteiger charge is 2.14. The number of methoxy groups -OCH3 is 2. The van der Waals surface area contributed by atoms with E-state index in [9.17, 15) is 4.39 Å². The summed E-state index contributed by atoms with van der Waals surface area (Å²) in [5.74, 6) is 1.06. The molecule has 1 aromatic heterocycles. The molecule has 0 aliphatic carbocycles. The van der Waals surface area contributed by atoms with Crippen LogP contribution in [0.3, 0.4) is 0 Å². The third-order valence-corrected chi connectivity index (χ3v) is 4.73. The second-order valence-electron chi connectivity index (χ2n) is 6.48. The predicted octanol–water partition coefficient (Wildman–Crippen LogP) is 4.51. The quantitative estimate of drug-likeness (QED) is 0.579. The third kappa shape index (κ3) is 4.83. The van der Waals surface area contributed by atoms with Gasteiger partial charge in [-0.25, -0.2) is 4.39 Å². The van der Waals surface area contributed by atoms with E-state index in [1.165, 1.54) is 12.1 Å². The van der Waals surface area contributed by atoms with Crippen LogP contribution in [0.5, 0.6) is 11.5 Å². The van der Waals surface area contributed by atoms with Gasteiger partial charge >= 0.3 is 0 Å². The van der Waals surface area contributed by atoms with Gasteiger partial charge in [-0.15, -0.1) is 0 Å². The number of aromatic nitrogens is 2. The van der Waals surface area contributed by atoms with Gasteiger partial charge in [-0.1, -0.05) is 12.1 Å². The third-order valence-electron chi connectivity index (χ3n) is 4.52. The Hall–Kier alpha value is -3.13. The van der Waals surface area contributed by atoms with Crippen molar-refractivity contribution in [2.45, 2.75) is 20.4 Å². The molecule has 0 unspecified atom stereocenters. The predicted molar refractivity (Wildman–Crippen MR) is 117 cm³/mol. The van der Waals surface area contributed by atoms with Crippen LogP contribution in [0.2, 0.25) is 0 Å². The molecule has 0 aliphatic rings. The van der Waals surface area contributed by atoms with Gasteiger partial charge < -0.3 is 20.1 Å². The lowest BCUT2D eigenvalue weighted by Gasteiger charge is -2.14. The van der Waals surface area contributed by atoms with Gasteiger partial charge in [-0.2, -0.15) is 5.10 Å². The lowest BCUT2D eigenvalue weighted by molar-refractivity contribution is 0.395. The van der Waals surface area contributed by atoms with Crippen LogP contribution >= 0.6 is 12.2 Å². The fraction of sp³-hybridized carbons (Fsp3) is 0.238. The molecule has 6 nitrogen and oxygen atoms in total. The van der Waals surface area contributed by atoms with E-state index in [4.69, 9.17) is 21.7 Å². The molecule has 3 aromatic rings. The Morgan fingerprint density at radius 3 is 2.45 bits per heavy atom. The molecule has 2 N–H and O–H groups in total. The molecule has 2 aromatic carbocycles. The molecule has 0 aliphatic heterocycles. The second-order valence-corrected chi connectivity index (χ2v) is 6.88. The van der Waals surface area contributed by atoms with E-state index in [0.29, 0.717) is 23.2 Å². The summed E-state index contributed by atoms with van der Waals surface area (Å²) in [4.78, 5) is 0. The van der Waals surface area contributed by atoms with Crippen molar-refractivity contribution in [3.05, 3.63) is 65.2 Å². The Kier molecular flexibility index (Phi) is 6.33. The lowest BCUT2D eigenvalue weighted by Crippen LogP contribution is -2.20. The maximum absolute atomic E-state index is 13.1. The number of hydrogen-bond donors (Lipinski definition) is 2. The highest BCUT2D eigenvalue weighted by molar-refractivity contribution is 7.80. The Bertz CT molecular complexity index is 1020. The number of ether oxygens (including phenoxy) is 2. The number of aryl methyl sites for hydroxylation is 1. The van der Waals surface area contributed by atoms with E-state index in [2.05, 4.69) is 15.7 Å². The summed E-state index contributed by atoms with van der Waals surface area (Å²) in [7, 11) is 3.19. The van der Waals surface area contributed by atoms with Crippen molar-refractivity contribution in [3.63, 3.8) is 0 Å². The molecule has 29 heavy (non-hydrogen) atoms. The van der Waals surface area contributed by atoms with Crippen LogP contribution in [0, 0.1) is 19.7 Å². The van der Waals surface area contributed by atoms with Gasteiger partial charge in [-0.3, -0.25) is 4.68 Å². The summed E-state index contributed by atoms with van der Waals surface area (Å²) >= 11 is 5.47. The highest BCUT2D eigenvalue weighted by atomic mass is 32.1. The van der Waals surface area contributed by atoms with Gasteiger partial charge in [0.05, 0.1) is 43.5 Å². The van der Waals surface area contributed by atoms with Crippen molar-refractivity contribution in [1.82, 2.24) is 9.78 Å². The molecule has 0 spiro atoms. The summed E-state index contributed by atoms with van der Waals surface area (Å²) < 4.78 is 25.6. The monoisotopic (exact) mass is 414 g/mol. The lowest BCUT2D eigenvalue weighted by atomic mass is 10.2. The van der Waals surface area contributed by atoms with Crippen LogP contribution in [0.4, 0.5) is 15.8 Å². The van der Waals surface area contributed by atoms with Crippen LogP contribution in [-0.2, 0) is 6.54 Å². The minimum atomic E-state index is -0.255. The van der Waals surface area contributed by atoms with Crippen molar-refractivity contribution >= 4 is 28.7 Å². The zero-order valence-electron chi connectivity index (χ0n) is 16.7. The summed E-state index contributed by atoms with van der Waals surface area (Å²) in [5.41, 5.74) is 4.26. The van der Waals surface area contributed by atoms with Gasteiger partial charge in [0.1, 0.15) is 17.3 Å². The maximum Gasteiger partial charge on any atom is 0.175 e. The van der Waals surface area contributed by atoms with Crippen molar-refractivity contribution in [2.75, 3.05) is 24.9 Å². The van der Waals surface area contributed by atoms with E-state index in [1.54, 1.807) is 32.4 Å². The number of nitrogens with one attached hydrogen (secondary N) is 2. The molecule has 8 heteroatoms. The van der Waals surface area contributed by atoms with Gasteiger partial charge in [0, 0.05) is 6.07 Å². The van der Waals surface area contributed by atoms with Crippen LogP contribution in [-0.4, -0.2) is 29.1 Å². The fourth-order valence-corrected chi connectivity index (χ4v) is 3.18. The van der Waals surface area contributed by atoms with E-state index < -0.39 is 0 Å². The Morgan fingerprint density at radius 1 is 1.07 bits per heavy atom. The molecule has 1 heterocycles. The molecule has 0 amide bonds. The van der Waals surface area contributed by atoms with Crippen LogP contribution in [0.15, 0.2) is 42.5 Å². The van der Waals surface area contributed by atoms with Crippen molar-refractivity contribution in [3.8, 4) is 11.5 Å². The minimum Gasteiger partial charge on any atom is -0.497 e. The largest absolute Gasteiger partial charge is 0.497 e. The highest BCUT2D eigenvalue weighted by Crippen LogP contribution is 2.29. The molecule has 3 rings (SSSR count). The summed E-state index contributed by atoms with van der Waals surface area (Å²) in [6.07, 6.45) is 0. The molecule has 0 atom stereocenters. The average molecular weight is 415 g/mol. The first-order chi connectivity index (χ1) is 13.9. The van der Waals surface area contributed by atoms with E-state index >= 15 is 0 Å². The molecule has 0 bridgehead atoms. The average Bonchev–Trinajstić information content (AvgIpc) is 2.97. The molecular formula is C21H23FN4O2S. The number of thiocarbonyl (C=S) groups is 1. The first-order valence-corrected chi connectivity index (χ1v) is 9.40. The van der Waals surface area contributed by atoms with Crippen LogP contribution < -0.4 is 20.1 Å². The number of halogens is 1. The first-order valence-electron chi connectivity index (χ1n) is 8.99. The SMILES string of the molecule is COc1ccc(NC(=S)Nc2c(C)nn(Cc3ccc(F)cc3)c2C)c(OC)c1. The normalized spacial score (nSPS) is 10.5. The van der Waals surface area contributed by atoms with Gasteiger partial charge in [-0.05, 0) is 55.9 Å². The number of rotatable bonds is 6. The topological polar surface area (TPSA) is 60.3 Å². The minimum absolute atomic E-state index is 0.255. The molecular weight excluding hydrogens is 391 g/mol. The maximum atomic E-state index is 13.1. The van der Waals surface area contributed by atoms with Crippen molar-refractivity contribution < 1.29 is 13.9 Å².